The van der Waals surface area contributed by atoms with Crippen molar-refractivity contribution in [2.45, 2.75) is 20.3 Å². The van der Waals surface area contributed by atoms with Crippen molar-refractivity contribution in [1.29, 1.82) is 0 Å². The predicted octanol–water partition coefficient (Wildman–Crippen LogP) is 3.66. The Balaban J connectivity index is 2.26. The van der Waals surface area contributed by atoms with Crippen LogP contribution in [0.25, 0.3) is 10.9 Å². The van der Waals surface area contributed by atoms with Crippen LogP contribution in [0.1, 0.15) is 32.7 Å². The maximum absolute atomic E-state index is 14.6. The van der Waals surface area contributed by atoms with Gasteiger partial charge >= 0.3 is 0 Å². The molecule has 2 heterocycles. The molecule has 2 aromatic heterocycles. The number of aromatic nitrogens is 2. The Labute approximate surface area is 137 Å². The van der Waals surface area contributed by atoms with Crippen LogP contribution in [0.5, 0.6) is 0 Å². The van der Waals surface area contributed by atoms with Crippen molar-refractivity contribution in [2.75, 3.05) is 0 Å². The van der Waals surface area contributed by atoms with E-state index in [0.717, 1.165) is 16.8 Å². The number of hydrogen-bond acceptors (Lipinski definition) is 2. The summed E-state index contributed by atoms with van der Waals surface area (Å²) in [6.07, 6.45) is 1.93. The first-order chi connectivity index (χ1) is 10.9. The number of hydrogen-bond donors (Lipinski definition) is 2. The Morgan fingerprint density at radius 1 is 1.39 bits per heavy atom. The average molecular weight is 332 g/mol. The maximum atomic E-state index is 14.6. The van der Waals surface area contributed by atoms with E-state index < -0.39 is 11.7 Å². The highest BCUT2D eigenvalue weighted by molar-refractivity contribution is 6.29. The van der Waals surface area contributed by atoms with Gasteiger partial charge in [-0.15, -0.1) is 0 Å². The summed E-state index contributed by atoms with van der Waals surface area (Å²) in [4.78, 5) is 18.7. The highest BCUT2D eigenvalue weighted by Gasteiger charge is 2.20. The van der Waals surface area contributed by atoms with Gasteiger partial charge in [-0.05, 0) is 43.2 Å². The van der Waals surface area contributed by atoms with E-state index >= 15 is 0 Å². The summed E-state index contributed by atoms with van der Waals surface area (Å²) in [5.74, 6) is -1.12. The van der Waals surface area contributed by atoms with E-state index in [4.69, 9.17) is 17.3 Å². The Bertz CT molecular complexity index is 933. The number of carbonyl (C=O) groups is 1. The third-order valence-electron chi connectivity index (χ3n) is 4.07. The van der Waals surface area contributed by atoms with Crippen LogP contribution in [0.3, 0.4) is 0 Å². The van der Waals surface area contributed by atoms with E-state index in [0.29, 0.717) is 28.0 Å². The van der Waals surface area contributed by atoms with E-state index in [2.05, 4.69) is 9.97 Å². The van der Waals surface area contributed by atoms with Gasteiger partial charge in [-0.3, -0.25) is 4.79 Å². The molecule has 0 saturated heterocycles. The molecule has 0 unspecified atom stereocenters. The molecule has 0 spiro atoms. The second-order valence-corrected chi connectivity index (χ2v) is 5.92. The maximum Gasteiger partial charge on any atom is 0.250 e. The van der Waals surface area contributed by atoms with Gasteiger partial charge in [0.05, 0.1) is 11.1 Å². The summed E-state index contributed by atoms with van der Waals surface area (Å²) in [5.41, 5.74) is 9.24. The quantitative estimate of drug-likeness (QED) is 0.719. The monoisotopic (exact) mass is 331 g/mol. The highest BCUT2D eigenvalue weighted by Crippen LogP contribution is 2.31. The van der Waals surface area contributed by atoms with E-state index in [9.17, 15) is 9.18 Å². The van der Waals surface area contributed by atoms with Crippen LogP contribution in [0, 0.1) is 19.7 Å². The minimum Gasteiger partial charge on any atom is -0.366 e. The fraction of sp³-hybridized carbons (Fsp3) is 0.176. The summed E-state index contributed by atoms with van der Waals surface area (Å²) >= 11 is 5.90. The van der Waals surface area contributed by atoms with Crippen molar-refractivity contribution in [2.24, 2.45) is 5.73 Å². The van der Waals surface area contributed by atoms with Crippen LogP contribution in [0.4, 0.5) is 4.39 Å². The first-order valence-corrected chi connectivity index (χ1v) is 7.46. The molecule has 0 aliphatic heterocycles. The lowest BCUT2D eigenvalue weighted by Crippen LogP contribution is -2.13. The Hall–Kier alpha value is -2.40. The number of aromatic amines is 1. The number of primary amides is 1. The first-order valence-electron chi connectivity index (χ1n) is 7.09. The van der Waals surface area contributed by atoms with Crippen LogP contribution in [-0.2, 0) is 6.42 Å². The van der Waals surface area contributed by atoms with E-state index in [1.165, 1.54) is 6.07 Å². The number of nitrogens with two attached hydrogens (primary N) is 1. The number of carbonyl (C=O) groups excluding carboxylic acids is 1. The summed E-state index contributed by atoms with van der Waals surface area (Å²) in [6, 6.07) is 4.68. The molecule has 1 amide bonds. The molecular weight excluding hydrogens is 317 g/mol. The van der Waals surface area contributed by atoms with Crippen LogP contribution < -0.4 is 5.73 Å². The number of aryl methyl sites for hydroxylation is 2. The standard InChI is InChI=1S/C17H15ClFN3O/c1-8-9(2)22-16-12(17(20)23)7-13(19)11(15(8)16)5-10-3-4-21-14(18)6-10/h3-4,6-7,22H,5H2,1-2H3,(H2,20,23). The number of benzene rings is 1. The molecule has 118 valence electrons. The molecule has 0 atom stereocenters. The van der Waals surface area contributed by atoms with Gasteiger partial charge in [0.2, 0.25) is 0 Å². The molecule has 0 aliphatic rings. The third kappa shape index (κ3) is 2.68. The van der Waals surface area contributed by atoms with Crippen LogP contribution in [0.2, 0.25) is 5.15 Å². The first kappa shape index (κ1) is 15.5. The number of pyridine rings is 1. The van der Waals surface area contributed by atoms with Crippen LogP contribution in [0.15, 0.2) is 24.4 Å². The molecule has 0 fully saturated rings. The predicted molar refractivity (Wildman–Crippen MR) is 88.3 cm³/mol. The van der Waals surface area contributed by atoms with Crippen LogP contribution >= 0.6 is 11.6 Å². The van der Waals surface area contributed by atoms with Gasteiger partial charge in [-0.2, -0.15) is 0 Å². The van der Waals surface area contributed by atoms with Crippen molar-refractivity contribution >= 4 is 28.4 Å². The molecule has 3 aromatic rings. The fourth-order valence-corrected chi connectivity index (χ4v) is 3.02. The summed E-state index contributed by atoms with van der Waals surface area (Å²) in [6.45, 7) is 3.77. The molecule has 0 bridgehead atoms. The number of fused-ring (bicyclic) bond motifs is 1. The molecule has 3 rings (SSSR count). The lowest BCUT2D eigenvalue weighted by Gasteiger charge is -2.10. The summed E-state index contributed by atoms with van der Waals surface area (Å²) in [7, 11) is 0. The lowest BCUT2D eigenvalue weighted by molar-refractivity contribution is 0.100. The molecule has 23 heavy (non-hydrogen) atoms. The zero-order valence-corrected chi connectivity index (χ0v) is 13.5. The third-order valence-corrected chi connectivity index (χ3v) is 4.27. The van der Waals surface area contributed by atoms with Gasteiger partial charge in [0.25, 0.3) is 5.91 Å². The molecular formula is C17H15ClFN3O. The Kier molecular flexibility index (Phi) is 3.82. The van der Waals surface area contributed by atoms with Crippen molar-refractivity contribution in [1.82, 2.24) is 9.97 Å². The number of nitrogens with one attached hydrogen (secondary N) is 1. The largest absolute Gasteiger partial charge is 0.366 e. The Morgan fingerprint density at radius 2 is 2.13 bits per heavy atom. The van der Waals surface area contributed by atoms with E-state index in [1.807, 2.05) is 13.8 Å². The van der Waals surface area contributed by atoms with Gasteiger partial charge in [0.1, 0.15) is 11.0 Å². The second-order valence-electron chi connectivity index (χ2n) is 5.54. The fourth-order valence-electron chi connectivity index (χ4n) is 2.83. The minimum atomic E-state index is -0.659. The molecule has 0 saturated carbocycles. The SMILES string of the molecule is Cc1[nH]c2c(C(N)=O)cc(F)c(Cc3ccnc(Cl)c3)c2c1C. The zero-order chi connectivity index (χ0) is 16.7. The number of amides is 1. The summed E-state index contributed by atoms with van der Waals surface area (Å²) < 4.78 is 14.6. The zero-order valence-electron chi connectivity index (χ0n) is 12.7. The second kappa shape index (κ2) is 5.66. The van der Waals surface area contributed by atoms with Gasteiger partial charge in [0, 0.05) is 29.3 Å². The molecule has 0 radical (unpaired) electrons. The lowest BCUT2D eigenvalue weighted by atomic mass is 9.96. The topological polar surface area (TPSA) is 71.8 Å². The van der Waals surface area contributed by atoms with Crippen molar-refractivity contribution in [3.8, 4) is 0 Å². The molecule has 1 aromatic carbocycles. The van der Waals surface area contributed by atoms with E-state index in [1.54, 1.807) is 18.3 Å². The number of rotatable bonds is 3. The average Bonchev–Trinajstić information content (AvgIpc) is 2.77. The van der Waals surface area contributed by atoms with Gasteiger partial charge < -0.3 is 10.7 Å². The molecule has 0 aliphatic carbocycles. The van der Waals surface area contributed by atoms with Crippen molar-refractivity contribution in [3.63, 3.8) is 0 Å². The molecule has 3 N–H and O–H groups in total. The number of H-pyrrole nitrogens is 1. The normalized spacial score (nSPS) is 11.1. The van der Waals surface area contributed by atoms with Crippen LogP contribution in [-0.4, -0.2) is 15.9 Å². The van der Waals surface area contributed by atoms with E-state index in [-0.39, 0.29) is 5.56 Å². The number of halogens is 2. The van der Waals surface area contributed by atoms with Crippen molar-refractivity contribution < 1.29 is 9.18 Å². The summed E-state index contributed by atoms with van der Waals surface area (Å²) in [5, 5.41) is 1.05. The molecule has 4 nitrogen and oxygen atoms in total. The van der Waals surface area contributed by atoms with Gasteiger partial charge in [-0.1, -0.05) is 11.6 Å². The van der Waals surface area contributed by atoms with Crippen molar-refractivity contribution in [3.05, 3.63) is 63.3 Å². The molecule has 6 heteroatoms. The smallest absolute Gasteiger partial charge is 0.250 e. The highest BCUT2D eigenvalue weighted by atomic mass is 35.5. The Morgan fingerprint density at radius 3 is 2.78 bits per heavy atom. The van der Waals surface area contributed by atoms with Gasteiger partial charge in [-0.25, -0.2) is 9.37 Å². The number of nitrogens with zero attached hydrogens (tertiary/aromatic N) is 1. The minimum absolute atomic E-state index is 0.158. The van der Waals surface area contributed by atoms with Gasteiger partial charge in [0.15, 0.2) is 0 Å².